The summed E-state index contributed by atoms with van der Waals surface area (Å²) in [5, 5.41) is 6.82. The van der Waals surface area contributed by atoms with Crippen LogP contribution in [-0.2, 0) is 0 Å². The number of fused-ring (bicyclic) bond motifs is 2. The van der Waals surface area contributed by atoms with Gasteiger partial charge in [0.05, 0.1) is 11.4 Å². The number of aromatic nitrogens is 4. The molecule has 0 fully saturated rings. The molecular weight excluding hydrogens is 270 g/mol. The van der Waals surface area contributed by atoms with Gasteiger partial charge in [-0.15, -0.1) is 11.3 Å². The van der Waals surface area contributed by atoms with Gasteiger partial charge in [0.15, 0.2) is 0 Å². The molecule has 0 amide bonds. The highest BCUT2D eigenvalue weighted by Crippen LogP contribution is 2.37. The van der Waals surface area contributed by atoms with E-state index < -0.39 is 0 Å². The van der Waals surface area contributed by atoms with Gasteiger partial charge in [-0.3, -0.25) is 0 Å². The molecule has 1 aliphatic heterocycles. The zero-order chi connectivity index (χ0) is 13.7. The molecule has 20 heavy (non-hydrogen) atoms. The largest absolute Gasteiger partial charge is 0.359 e. The fourth-order valence-electron chi connectivity index (χ4n) is 2.94. The number of hydrogen-bond acceptors (Lipinski definition) is 5. The third-order valence-electron chi connectivity index (χ3n) is 3.93. The molecule has 0 radical (unpaired) electrons. The van der Waals surface area contributed by atoms with Crippen LogP contribution >= 0.6 is 11.3 Å². The molecule has 1 N–H and O–H groups in total. The summed E-state index contributed by atoms with van der Waals surface area (Å²) in [4.78, 5) is 14.3. The zero-order valence-electron chi connectivity index (χ0n) is 11.4. The lowest BCUT2D eigenvalue weighted by Crippen LogP contribution is -2.10. The van der Waals surface area contributed by atoms with Gasteiger partial charge in [-0.05, 0) is 31.2 Å². The van der Waals surface area contributed by atoms with Crippen molar-refractivity contribution in [3.05, 3.63) is 35.5 Å². The molecule has 4 heterocycles. The third kappa shape index (κ3) is 1.64. The van der Waals surface area contributed by atoms with Crippen LogP contribution in [0, 0.1) is 6.92 Å². The number of nitrogens with one attached hydrogen (secondary N) is 1. The second kappa shape index (κ2) is 4.28. The van der Waals surface area contributed by atoms with Crippen molar-refractivity contribution in [3.63, 3.8) is 0 Å². The third-order valence-corrected chi connectivity index (χ3v) is 4.93. The maximum absolute atomic E-state index is 4.47. The first-order valence-corrected chi connectivity index (χ1v) is 7.60. The lowest BCUT2D eigenvalue weighted by atomic mass is 10.1. The van der Waals surface area contributed by atoms with Gasteiger partial charge in [-0.2, -0.15) is 0 Å². The maximum atomic E-state index is 4.47. The Labute approximate surface area is 120 Å². The van der Waals surface area contributed by atoms with Crippen molar-refractivity contribution in [1.29, 1.82) is 0 Å². The van der Waals surface area contributed by atoms with Crippen molar-refractivity contribution in [2.24, 2.45) is 0 Å². The van der Waals surface area contributed by atoms with Gasteiger partial charge in [-0.25, -0.2) is 15.0 Å². The first-order valence-electron chi connectivity index (χ1n) is 6.72. The number of anilines is 1. The summed E-state index contributed by atoms with van der Waals surface area (Å²) in [6, 6.07) is 0.697. The molecule has 6 heteroatoms. The molecular formula is C14H15N5S. The summed E-state index contributed by atoms with van der Waals surface area (Å²) >= 11 is 1.66. The summed E-state index contributed by atoms with van der Waals surface area (Å²) in [6.07, 6.45) is 6.58. The van der Waals surface area contributed by atoms with Gasteiger partial charge in [0.25, 0.3) is 0 Å². The van der Waals surface area contributed by atoms with Crippen molar-refractivity contribution >= 4 is 27.4 Å². The molecule has 0 saturated carbocycles. The number of aryl methyl sites for hydroxylation is 1. The van der Waals surface area contributed by atoms with E-state index in [1.54, 1.807) is 17.7 Å². The average Bonchev–Trinajstić information content (AvgIpc) is 3.11. The molecule has 0 bridgehead atoms. The molecule has 3 aromatic heterocycles. The monoisotopic (exact) mass is 285 g/mol. The molecule has 0 aromatic carbocycles. The second-order valence-electron chi connectivity index (χ2n) is 5.30. The molecule has 102 valence electrons. The number of rotatable bonds is 2. The molecule has 1 aliphatic rings. The fourth-order valence-corrected chi connectivity index (χ4v) is 3.83. The molecule has 0 saturated heterocycles. The normalized spacial score (nSPS) is 21.3. The Kier molecular flexibility index (Phi) is 2.53. The fraction of sp³-hybridized carbons (Fsp3) is 0.357. The van der Waals surface area contributed by atoms with E-state index in [1.807, 2.05) is 12.4 Å². The van der Waals surface area contributed by atoms with Crippen LogP contribution in [0.4, 0.5) is 5.82 Å². The second-order valence-corrected chi connectivity index (χ2v) is 6.15. The highest BCUT2D eigenvalue weighted by molar-refractivity contribution is 7.17. The minimum atomic E-state index is 0.220. The van der Waals surface area contributed by atoms with Crippen molar-refractivity contribution in [2.75, 3.05) is 5.32 Å². The topological polar surface area (TPSA) is 55.6 Å². The SMILES string of the molecule is Cc1csc2ncnc(NC3CC(C)n4ccnc43)c12. The Morgan fingerprint density at radius 3 is 3.15 bits per heavy atom. The lowest BCUT2D eigenvalue weighted by molar-refractivity contribution is 0.563. The van der Waals surface area contributed by atoms with Crippen molar-refractivity contribution in [2.45, 2.75) is 32.4 Å². The van der Waals surface area contributed by atoms with E-state index in [-0.39, 0.29) is 6.04 Å². The van der Waals surface area contributed by atoms with E-state index in [2.05, 4.69) is 44.1 Å². The van der Waals surface area contributed by atoms with E-state index in [9.17, 15) is 0 Å². The van der Waals surface area contributed by atoms with Crippen LogP contribution in [0.1, 0.15) is 36.8 Å². The zero-order valence-corrected chi connectivity index (χ0v) is 12.2. The van der Waals surface area contributed by atoms with Crippen molar-refractivity contribution < 1.29 is 0 Å². The van der Waals surface area contributed by atoms with Gasteiger partial charge in [-0.1, -0.05) is 0 Å². The number of hydrogen-bond donors (Lipinski definition) is 1. The Hall–Kier alpha value is -1.95. The van der Waals surface area contributed by atoms with Gasteiger partial charge >= 0.3 is 0 Å². The quantitative estimate of drug-likeness (QED) is 0.785. The summed E-state index contributed by atoms with van der Waals surface area (Å²) in [6.45, 7) is 4.32. The van der Waals surface area contributed by atoms with Crippen LogP contribution in [0.2, 0.25) is 0 Å². The Morgan fingerprint density at radius 2 is 2.25 bits per heavy atom. The minimum absolute atomic E-state index is 0.220. The van der Waals surface area contributed by atoms with Gasteiger partial charge in [0, 0.05) is 18.4 Å². The van der Waals surface area contributed by atoms with Crippen LogP contribution < -0.4 is 5.32 Å². The van der Waals surface area contributed by atoms with E-state index in [0.29, 0.717) is 6.04 Å². The van der Waals surface area contributed by atoms with E-state index >= 15 is 0 Å². The smallest absolute Gasteiger partial charge is 0.139 e. The van der Waals surface area contributed by atoms with Crippen LogP contribution in [-0.4, -0.2) is 19.5 Å². The summed E-state index contributed by atoms with van der Waals surface area (Å²) in [5.41, 5.74) is 1.22. The highest BCUT2D eigenvalue weighted by atomic mass is 32.1. The highest BCUT2D eigenvalue weighted by Gasteiger charge is 2.29. The van der Waals surface area contributed by atoms with Crippen LogP contribution in [0.25, 0.3) is 10.2 Å². The molecule has 2 atom stereocenters. The summed E-state index contributed by atoms with van der Waals surface area (Å²) < 4.78 is 2.23. The Balaban J connectivity index is 1.74. The first-order chi connectivity index (χ1) is 9.74. The average molecular weight is 285 g/mol. The summed E-state index contributed by atoms with van der Waals surface area (Å²) in [5.74, 6) is 2.01. The van der Waals surface area contributed by atoms with Crippen molar-refractivity contribution in [1.82, 2.24) is 19.5 Å². The molecule has 0 aliphatic carbocycles. The summed E-state index contributed by atoms with van der Waals surface area (Å²) in [7, 11) is 0. The van der Waals surface area contributed by atoms with Crippen molar-refractivity contribution in [3.8, 4) is 0 Å². The molecule has 4 rings (SSSR count). The predicted octanol–water partition coefficient (Wildman–Crippen LogP) is 3.31. The van der Waals surface area contributed by atoms with Crippen LogP contribution in [0.5, 0.6) is 0 Å². The van der Waals surface area contributed by atoms with E-state index in [0.717, 1.165) is 28.3 Å². The molecule has 3 aromatic rings. The maximum Gasteiger partial charge on any atom is 0.139 e. The lowest BCUT2D eigenvalue weighted by Gasteiger charge is -2.13. The predicted molar refractivity (Wildman–Crippen MR) is 80.1 cm³/mol. The van der Waals surface area contributed by atoms with Gasteiger partial charge in [0.1, 0.15) is 22.8 Å². The molecule has 2 unspecified atom stereocenters. The van der Waals surface area contributed by atoms with E-state index in [4.69, 9.17) is 0 Å². The molecule has 5 nitrogen and oxygen atoms in total. The number of imidazole rings is 1. The minimum Gasteiger partial charge on any atom is -0.359 e. The van der Waals surface area contributed by atoms with Crippen LogP contribution in [0.3, 0.4) is 0 Å². The Bertz CT molecular complexity index is 775. The van der Waals surface area contributed by atoms with Crippen LogP contribution in [0.15, 0.2) is 24.1 Å². The van der Waals surface area contributed by atoms with Gasteiger partial charge < -0.3 is 9.88 Å². The number of thiophene rings is 1. The van der Waals surface area contributed by atoms with Gasteiger partial charge in [0.2, 0.25) is 0 Å². The first kappa shape index (κ1) is 11.8. The van der Waals surface area contributed by atoms with E-state index in [1.165, 1.54) is 5.56 Å². The molecule has 0 spiro atoms. The number of nitrogens with zero attached hydrogens (tertiary/aromatic N) is 4. The Morgan fingerprint density at radius 1 is 1.35 bits per heavy atom. The standard InChI is InChI=1S/C14H15N5S/c1-8-6-20-14-11(8)12(16-7-17-14)18-10-5-9(2)19-4-3-15-13(10)19/h3-4,6-7,9-10H,5H2,1-2H3,(H,16,17,18).